The molecule has 0 aromatic rings. The van der Waals surface area contributed by atoms with Gasteiger partial charge in [-0.1, -0.05) is 78.0 Å². The highest BCUT2D eigenvalue weighted by Crippen LogP contribution is 2.26. The molecular formula is C23H42O2. The zero-order valence-corrected chi connectivity index (χ0v) is 17.1. The number of hydrogen-bond acceptors (Lipinski definition) is 2. The minimum Gasteiger partial charge on any atom is -0.459 e. The van der Waals surface area contributed by atoms with Gasteiger partial charge in [0.05, 0.1) is 0 Å². The Hall–Kier alpha value is -1.05. The molecule has 2 unspecified atom stereocenters. The van der Waals surface area contributed by atoms with Gasteiger partial charge < -0.3 is 4.74 Å². The van der Waals surface area contributed by atoms with Gasteiger partial charge in [0.15, 0.2) is 0 Å². The van der Waals surface area contributed by atoms with Gasteiger partial charge in [-0.3, -0.25) is 0 Å². The summed E-state index contributed by atoms with van der Waals surface area (Å²) in [4.78, 5) is 11.8. The molecule has 0 saturated heterocycles. The Morgan fingerprint density at radius 2 is 1.60 bits per heavy atom. The van der Waals surface area contributed by atoms with Crippen LogP contribution in [0.5, 0.6) is 0 Å². The third-order valence-electron chi connectivity index (χ3n) is 4.81. The predicted molar refractivity (Wildman–Crippen MR) is 110 cm³/mol. The summed E-state index contributed by atoms with van der Waals surface area (Å²) in [5.41, 5.74) is 0. The molecule has 2 heteroatoms. The summed E-state index contributed by atoms with van der Waals surface area (Å²) in [5.74, 6) is 0.237. The van der Waals surface area contributed by atoms with E-state index in [4.69, 9.17) is 4.74 Å². The van der Waals surface area contributed by atoms with E-state index in [1.807, 2.05) is 0 Å². The Morgan fingerprint density at radius 1 is 0.880 bits per heavy atom. The fourth-order valence-electron chi connectivity index (χ4n) is 3.38. The average molecular weight is 351 g/mol. The van der Waals surface area contributed by atoms with Gasteiger partial charge in [-0.25, -0.2) is 4.79 Å². The number of carbonyl (C=O) groups is 1. The molecule has 0 bridgehead atoms. The molecular weight excluding hydrogens is 308 g/mol. The van der Waals surface area contributed by atoms with Crippen LogP contribution in [0.3, 0.4) is 0 Å². The van der Waals surface area contributed by atoms with Gasteiger partial charge in [0.25, 0.3) is 0 Å². The highest BCUT2D eigenvalue weighted by atomic mass is 16.5. The molecule has 0 aliphatic rings. The van der Waals surface area contributed by atoms with Crippen LogP contribution in [0.25, 0.3) is 0 Å². The molecule has 0 rings (SSSR count). The van der Waals surface area contributed by atoms with Crippen LogP contribution in [0.15, 0.2) is 24.8 Å². The number of hydrogen-bond donors (Lipinski definition) is 0. The van der Waals surface area contributed by atoms with Crippen molar-refractivity contribution in [2.24, 2.45) is 5.92 Å². The molecule has 25 heavy (non-hydrogen) atoms. The number of rotatable bonds is 17. The van der Waals surface area contributed by atoms with E-state index in [0.29, 0.717) is 5.92 Å². The minimum atomic E-state index is -0.259. The summed E-state index contributed by atoms with van der Waals surface area (Å²) < 4.78 is 5.75. The van der Waals surface area contributed by atoms with Crippen LogP contribution >= 0.6 is 0 Å². The topological polar surface area (TPSA) is 26.3 Å². The van der Waals surface area contributed by atoms with E-state index in [0.717, 1.165) is 38.5 Å². The maximum Gasteiger partial charge on any atom is 0.330 e. The van der Waals surface area contributed by atoms with Crippen LogP contribution in [0, 0.1) is 5.92 Å². The summed E-state index contributed by atoms with van der Waals surface area (Å²) in [6, 6.07) is 0. The van der Waals surface area contributed by atoms with Crippen molar-refractivity contribution in [3.8, 4) is 0 Å². The first-order valence-corrected chi connectivity index (χ1v) is 10.7. The van der Waals surface area contributed by atoms with Crippen molar-refractivity contribution in [2.75, 3.05) is 0 Å². The molecule has 0 spiro atoms. The Morgan fingerprint density at radius 3 is 2.24 bits per heavy atom. The maximum atomic E-state index is 11.8. The third kappa shape index (κ3) is 13.9. The first-order valence-electron chi connectivity index (χ1n) is 10.7. The lowest BCUT2D eigenvalue weighted by atomic mass is 9.88. The second kappa shape index (κ2) is 17.8. The van der Waals surface area contributed by atoms with E-state index >= 15 is 0 Å². The quantitative estimate of drug-likeness (QED) is 0.118. The van der Waals surface area contributed by atoms with Gasteiger partial charge in [0, 0.05) is 6.08 Å². The van der Waals surface area contributed by atoms with Crippen LogP contribution in [0.4, 0.5) is 0 Å². The van der Waals surface area contributed by atoms with Crippen molar-refractivity contribution < 1.29 is 9.53 Å². The number of unbranched alkanes of at least 4 members (excludes halogenated alkanes) is 6. The summed E-state index contributed by atoms with van der Waals surface area (Å²) in [6.07, 6.45) is 21.4. The smallest absolute Gasteiger partial charge is 0.330 e. The molecule has 0 saturated carbocycles. The zero-order chi connectivity index (χ0) is 18.8. The lowest BCUT2D eigenvalue weighted by molar-refractivity contribution is -0.146. The fourth-order valence-corrected chi connectivity index (χ4v) is 3.38. The summed E-state index contributed by atoms with van der Waals surface area (Å²) >= 11 is 0. The fraction of sp³-hybridized carbons (Fsp3) is 0.783. The number of allylic oxidation sites excluding steroid dienone is 2. The Bertz CT molecular complexity index is 346. The zero-order valence-electron chi connectivity index (χ0n) is 17.1. The Kier molecular flexibility index (Phi) is 17.0. The highest BCUT2D eigenvalue weighted by Gasteiger charge is 2.23. The maximum absolute atomic E-state index is 11.8. The van der Waals surface area contributed by atoms with Crippen LogP contribution in [-0.2, 0) is 9.53 Å². The SMILES string of the molecule is C=CC(=O)OC(CCCCCCC)C(CCC)CCCC/C=C/CC. The van der Waals surface area contributed by atoms with E-state index < -0.39 is 0 Å². The lowest BCUT2D eigenvalue weighted by Gasteiger charge is -2.27. The van der Waals surface area contributed by atoms with Gasteiger partial charge in [0.2, 0.25) is 0 Å². The minimum absolute atomic E-state index is 0.0678. The van der Waals surface area contributed by atoms with E-state index in [1.54, 1.807) is 0 Å². The van der Waals surface area contributed by atoms with Crippen molar-refractivity contribution in [1.29, 1.82) is 0 Å². The standard InChI is InChI=1S/C23H42O2/c1-5-9-11-13-15-16-19-21(18-7-3)22(25-23(24)8-4)20-17-14-12-10-6-2/h8-9,11,21-22H,4-7,10,12-20H2,1-3H3/b11-9+. The van der Waals surface area contributed by atoms with E-state index in [-0.39, 0.29) is 12.1 Å². The first kappa shape index (κ1) is 23.9. The summed E-state index contributed by atoms with van der Waals surface area (Å²) in [6.45, 7) is 10.2. The van der Waals surface area contributed by atoms with Gasteiger partial charge in [-0.15, -0.1) is 0 Å². The third-order valence-corrected chi connectivity index (χ3v) is 4.81. The molecule has 0 radical (unpaired) electrons. The molecule has 0 aliphatic carbocycles. The number of ether oxygens (including phenoxy) is 1. The van der Waals surface area contributed by atoms with Gasteiger partial charge in [-0.2, -0.15) is 0 Å². The molecule has 146 valence electrons. The van der Waals surface area contributed by atoms with Crippen molar-refractivity contribution in [1.82, 2.24) is 0 Å². The Labute approximate surface area is 157 Å². The first-order chi connectivity index (χ1) is 12.2. The lowest BCUT2D eigenvalue weighted by Crippen LogP contribution is -2.26. The van der Waals surface area contributed by atoms with Crippen LogP contribution in [-0.4, -0.2) is 12.1 Å². The molecule has 2 atom stereocenters. The van der Waals surface area contributed by atoms with Gasteiger partial charge in [-0.05, 0) is 50.9 Å². The number of esters is 1. The second-order valence-electron chi connectivity index (χ2n) is 7.10. The predicted octanol–water partition coefficient (Wildman–Crippen LogP) is 7.39. The van der Waals surface area contributed by atoms with E-state index in [9.17, 15) is 4.79 Å². The monoisotopic (exact) mass is 350 g/mol. The van der Waals surface area contributed by atoms with Crippen molar-refractivity contribution in [2.45, 2.75) is 110 Å². The summed E-state index contributed by atoms with van der Waals surface area (Å²) in [7, 11) is 0. The largest absolute Gasteiger partial charge is 0.459 e. The van der Waals surface area contributed by atoms with Crippen LogP contribution in [0.1, 0.15) is 104 Å². The van der Waals surface area contributed by atoms with Crippen LogP contribution in [0.2, 0.25) is 0 Å². The Balaban J connectivity index is 4.47. The molecule has 0 aliphatic heterocycles. The molecule has 2 nitrogen and oxygen atoms in total. The average Bonchev–Trinajstić information content (AvgIpc) is 2.62. The second-order valence-corrected chi connectivity index (χ2v) is 7.10. The normalized spacial score (nSPS) is 13.7. The van der Waals surface area contributed by atoms with Gasteiger partial charge >= 0.3 is 5.97 Å². The molecule has 0 heterocycles. The summed E-state index contributed by atoms with van der Waals surface area (Å²) in [5, 5.41) is 0. The van der Waals surface area contributed by atoms with E-state index in [2.05, 4.69) is 39.5 Å². The molecule has 0 fully saturated rings. The van der Waals surface area contributed by atoms with Crippen molar-refractivity contribution in [3.63, 3.8) is 0 Å². The molecule has 0 aromatic heterocycles. The number of carbonyl (C=O) groups excluding carboxylic acids is 1. The van der Waals surface area contributed by atoms with Crippen molar-refractivity contribution >= 4 is 5.97 Å². The molecule has 0 amide bonds. The highest BCUT2D eigenvalue weighted by molar-refractivity contribution is 5.81. The van der Waals surface area contributed by atoms with Crippen molar-refractivity contribution in [3.05, 3.63) is 24.8 Å². The molecule has 0 N–H and O–H groups in total. The van der Waals surface area contributed by atoms with Crippen LogP contribution < -0.4 is 0 Å². The molecule has 0 aromatic carbocycles. The van der Waals surface area contributed by atoms with E-state index in [1.165, 1.54) is 51.0 Å². The van der Waals surface area contributed by atoms with Gasteiger partial charge in [0.1, 0.15) is 6.10 Å².